The Bertz CT molecular complexity index is 846. The van der Waals surface area contributed by atoms with Crippen LogP contribution in [0.5, 0.6) is 0 Å². The summed E-state index contributed by atoms with van der Waals surface area (Å²) in [5, 5.41) is 2.67. The highest BCUT2D eigenvalue weighted by Gasteiger charge is 2.09. The predicted molar refractivity (Wildman–Crippen MR) is 86.4 cm³/mol. The molecule has 0 unspecified atom stereocenters. The molecule has 122 valence electrons. The summed E-state index contributed by atoms with van der Waals surface area (Å²) >= 11 is 0. The Labute approximate surface area is 137 Å². The second-order valence-corrected chi connectivity index (χ2v) is 5.26. The van der Waals surface area contributed by atoms with Crippen LogP contribution in [0.3, 0.4) is 0 Å². The normalized spacial score (nSPS) is 10.6. The van der Waals surface area contributed by atoms with E-state index < -0.39 is 17.5 Å². The van der Waals surface area contributed by atoms with Crippen LogP contribution in [0, 0.1) is 11.6 Å². The molecule has 0 aliphatic heterocycles. The molecular formula is C18H15F2N3O. The van der Waals surface area contributed by atoms with Gasteiger partial charge in [0.1, 0.15) is 5.82 Å². The maximum absolute atomic E-state index is 13.1. The number of H-pyrrole nitrogens is 1. The van der Waals surface area contributed by atoms with Gasteiger partial charge in [-0.3, -0.25) is 4.79 Å². The van der Waals surface area contributed by atoms with Crippen LogP contribution in [-0.2, 0) is 6.42 Å². The summed E-state index contributed by atoms with van der Waals surface area (Å²) in [6, 6.07) is 12.8. The molecule has 0 saturated heterocycles. The maximum atomic E-state index is 13.1. The van der Waals surface area contributed by atoms with Gasteiger partial charge in [-0.15, -0.1) is 0 Å². The Balaban J connectivity index is 1.56. The van der Waals surface area contributed by atoms with Gasteiger partial charge in [-0.25, -0.2) is 13.8 Å². The first kappa shape index (κ1) is 15.9. The number of hydrogen-bond donors (Lipinski definition) is 2. The number of aromatic nitrogens is 2. The molecule has 0 aliphatic rings. The van der Waals surface area contributed by atoms with Gasteiger partial charge in [0.05, 0.1) is 0 Å². The number of nitrogens with zero attached hydrogens (tertiary/aromatic N) is 1. The van der Waals surface area contributed by atoms with Crippen molar-refractivity contribution in [3.8, 4) is 11.4 Å². The van der Waals surface area contributed by atoms with Crippen molar-refractivity contribution in [2.45, 2.75) is 6.42 Å². The number of carbonyl (C=O) groups is 1. The molecule has 0 spiro atoms. The lowest BCUT2D eigenvalue weighted by atomic mass is 10.2. The fourth-order valence-corrected chi connectivity index (χ4v) is 2.28. The quantitative estimate of drug-likeness (QED) is 0.755. The van der Waals surface area contributed by atoms with E-state index in [9.17, 15) is 13.6 Å². The summed E-state index contributed by atoms with van der Waals surface area (Å²) in [6.45, 7) is 0.355. The van der Waals surface area contributed by atoms with Crippen molar-refractivity contribution in [3.63, 3.8) is 0 Å². The highest BCUT2D eigenvalue weighted by molar-refractivity contribution is 5.94. The third-order valence-electron chi connectivity index (χ3n) is 3.54. The Morgan fingerprint density at radius 3 is 2.62 bits per heavy atom. The van der Waals surface area contributed by atoms with Gasteiger partial charge in [0, 0.05) is 36.0 Å². The average molecular weight is 327 g/mol. The molecule has 3 rings (SSSR count). The van der Waals surface area contributed by atoms with E-state index in [1.165, 1.54) is 6.07 Å². The van der Waals surface area contributed by atoms with Gasteiger partial charge in [0.25, 0.3) is 5.91 Å². The molecule has 6 heteroatoms. The number of aromatic amines is 1. The average Bonchev–Trinajstić information content (AvgIpc) is 3.07. The summed E-state index contributed by atoms with van der Waals surface area (Å²) in [7, 11) is 0. The highest BCUT2D eigenvalue weighted by atomic mass is 19.2. The lowest BCUT2D eigenvalue weighted by Gasteiger charge is -2.04. The van der Waals surface area contributed by atoms with Crippen molar-refractivity contribution < 1.29 is 13.6 Å². The fraction of sp³-hybridized carbons (Fsp3) is 0.111. The molecule has 0 fully saturated rings. The molecule has 1 amide bonds. The molecule has 3 aromatic rings. The number of halogens is 2. The Morgan fingerprint density at radius 1 is 1.08 bits per heavy atom. The number of amides is 1. The first-order valence-electron chi connectivity index (χ1n) is 7.46. The summed E-state index contributed by atoms with van der Waals surface area (Å²) in [5.41, 5.74) is 1.94. The van der Waals surface area contributed by atoms with E-state index >= 15 is 0 Å². The van der Waals surface area contributed by atoms with Gasteiger partial charge in [0.15, 0.2) is 11.6 Å². The number of nitrogens with one attached hydrogen (secondary N) is 2. The summed E-state index contributed by atoms with van der Waals surface area (Å²) in [6.07, 6.45) is 2.27. The SMILES string of the molecule is O=C(NCCc1cnc(-c2ccccc2)[nH]1)c1ccc(F)c(F)c1. The van der Waals surface area contributed by atoms with E-state index in [-0.39, 0.29) is 5.56 Å². The zero-order valence-corrected chi connectivity index (χ0v) is 12.7. The topological polar surface area (TPSA) is 57.8 Å². The van der Waals surface area contributed by atoms with Gasteiger partial charge < -0.3 is 10.3 Å². The standard InChI is InChI=1S/C18H15F2N3O/c19-15-7-6-13(10-16(15)20)18(24)21-9-8-14-11-22-17(23-14)12-4-2-1-3-5-12/h1-7,10-11H,8-9H2,(H,21,24)(H,22,23). The lowest BCUT2D eigenvalue weighted by Crippen LogP contribution is -2.25. The third-order valence-corrected chi connectivity index (χ3v) is 3.54. The molecule has 0 aliphatic carbocycles. The van der Waals surface area contributed by atoms with Crippen LogP contribution < -0.4 is 5.32 Å². The first-order chi connectivity index (χ1) is 11.6. The molecule has 0 bridgehead atoms. The third kappa shape index (κ3) is 3.65. The molecule has 0 radical (unpaired) electrons. The second kappa shape index (κ2) is 7.04. The van der Waals surface area contributed by atoms with Gasteiger partial charge >= 0.3 is 0 Å². The summed E-state index contributed by atoms with van der Waals surface area (Å²) < 4.78 is 26.0. The monoisotopic (exact) mass is 327 g/mol. The van der Waals surface area contributed by atoms with Crippen LogP contribution in [0.1, 0.15) is 16.1 Å². The van der Waals surface area contributed by atoms with E-state index in [0.717, 1.165) is 29.2 Å². The molecule has 24 heavy (non-hydrogen) atoms. The highest BCUT2D eigenvalue weighted by Crippen LogP contribution is 2.14. The van der Waals surface area contributed by atoms with Gasteiger partial charge in [-0.05, 0) is 18.2 Å². The van der Waals surface area contributed by atoms with Crippen molar-refractivity contribution in [2.24, 2.45) is 0 Å². The summed E-state index contributed by atoms with van der Waals surface area (Å²) in [5.74, 6) is -1.70. The maximum Gasteiger partial charge on any atom is 0.251 e. The van der Waals surface area contributed by atoms with Crippen molar-refractivity contribution >= 4 is 5.91 Å². The van der Waals surface area contributed by atoms with E-state index in [1.807, 2.05) is 30.3 Å². The zero-order valence-electron chi connectivity index (χ0n) is 12.7. The molecule has 2 aromatic carbocycles. The molecule has 1 heterocycles. The van der Waals surface area contributed by atoms with Crippen LogP contribution >= 0.6 is 0 Å². The number of rotatable bonds is 5. The van der Waals surface area contributed by atoms with Gasteiger partial charge in [-0.1, -0.05) is 30.3 Å². The van der Waals surface area contributed by atoms with E-state index in [2.05, 4.69) is 15.3 Å². The molecule has 0 atom stereocenters. The fourth-order valence-electron chi connectivity index (χ4n) is 2.28. The van der Waals surface area contributed by atoms with E-state index in [1.54, 1.807) is 6.20 Å². The molecule has 0 saturated carbocycles. The van der Waals surface area contributed by atoms with Gasteiger partial charge in [0.2, 0.25) is 0 Å². The smallest absolute Gasteiger partial charge is 0.251 e. The largest absolute Gasteiger partial charge is 0.352 e. The van der Waals surface area contributed by atoms with E-state index in [4.69, 9.17) is 0 Å². The van der Waals surface area contributed by atoms with Crippen LogP contribution in [-0.4, -0.2) is 22.4 Å². The number of carbonyl (C=O) groups excluding carboxylic acids is 1. The van der Waals surface area contributed by atoms with Crippen molar-refractivity contribution in [3.05, 3.63) is 77.6 Å². The summed E-state index contributed by atoms with van der Waals surface area (Å²) in [4.78, 5) is 19.4. The zero-order chi connectivity index (χ0) is 16.9. The number of benzene rings is 2. The van der Waals surface area contributed by atoms with Crippen LogP contribution in [0.25, 0.3) is 11.4 Å². The van der Waals surface area contributed by atoms with E-state index in [0.29, 0.717) is 13.0 Å². The molecule has 1 aromatic heterocycles. The Morgan fingerprint density at radius 2 is 1.88 bits per heavy atom. The second-order valence-electron chi connectivity index (χ2n) is 5.26. The van der Waals surface area contributed by atoms with Crippen molar-refractivity contribution in [1.29, 1.82) is 0 Å². The minimum Gasteiger partial charge on any atom is -0.352 e. The lowest BCUT2D eigenvalue weighted by molar-refractivity contribution is 0.0953. The van der Waals surface area contributed by atoms with Crippen molar-refractivity contribution in [1.82, 2.24) is 15.3 Å². The van der Waals surface area contributed by atoms with Crippen LogP contribution in [0.2, 0.25) is 0 Å². The molecule has 4 nitrogen and oxygen atoms in total. The minimum absolute atomic E-state index is 0.0866. The number of hydrogen-bond acceptors (Lipinski definition) is 2. The van der Waals surface area contributed by atoms with Crippen molar-refractivity contribution in [2.75, 3.05) is 6.54 Å². The Hall–Kier alpha value is -3.02. The first-order valence-corrected chi connectivity index (χ1v) is 7.46. The van der Waals surface area contributed by atoms with Crippen LogP contribution in [0.4, 0.5) is 8.78 Å². The predicted octanol–water partition coefficient (Wildman–Crippen LogP) is 3.33. The number of imidazole rings is 1. The van der Waals surface area contributed by atoms with Gasteiger partial charge in [-0.2, -0.15) is 0 Å². The van der Waals surface area contributed by atoms with Crippen LogP contribution in [0.15, 0.2) is 54.7 Å². The Kier molecular flexibility index (Phi) is 4.65. The molecular weight excluding hydrogens is 312 g/mol. The molecule has 2 N–H and O–H groups in total. The minimum atomic E-state index is -1.04.